The normalized spacial score (nSPS) is 13.5. The van der Waals surface area contributed by atoms with Crippen molar-refractivity contribution < 1.29 is 9.59 Å². The van der Waals surface area contributed by atoms with Crippen molar-refractivity contribution in [1.82, 2.24) is 0 Å². The Balaban J connectivity index is 2.36. The fourth-order valence-electron chi connectivity index (χ4n) is 3.45. The van der Waals surface area contributed by atoms with E-state index < -0.39 is 0 Å². The van der Waals surface area contributed by atoms with Crippen LogP contribution in [0.15, 0.2) is 30.3 Å². The first-order chi connectivity index (χ1) is 10.8. The van der Waals surface area contributed by atoms with Crippen LogP contribution in [0.1, 0.15) is 82.5 Å². The minimum Gasteiger partial charge on any atom is -0.398 e. The molecule has 118 valence electrons. The third-order valence-electron chi connectivity index (χ3n) is 4.52. The molecule has 2 aromatic rings. The summed E-state index contributed by atoms with van der Waals surface area (Å²) in [6.45, 7) is 8.05. The molecule has 0 aliphatic heterocycles. The molecule has 0 fully saturated rings. The molecule has 0 unspecified atom stereocenters. The highest BCUT2D eigenvalue weighted by Crippen LogP contribution is 2.37. The Morgan fingerprint density at radius 3 is 2.00 bits per heavy atom. The number of nitrogen functional groups attached to an aromatic ring is 1. The lowest BCUT2D eigenvalue weighted by molar-refractivity contribution is 0.0977. The van der Waals surface area contributed by atoms with Gasteiger partial charge in [0.05, 0.1) is 0 Å². The zero-order valence-electron chi connectivity index (χ0n) is 13.9. The molecule has 3 rings (SSSR count). The van der Waals surface area contributed by atoms with Crippen molar-refractivity contribution in [3.63, 3.8) is 0 Å². The van der Waals surface area contributed by atoms with Crippen molar-refractivity contribution in [1.29, 1.82) is 0 Å². The van der Waals surface area contributed by atoms with Crippen LogP contribution in [0.2, 0.25) is 0 Å². The van der Waals surface area contributed by atoms with Gasteiger partial charge in [0.1, 0.15) is 0 Å². The lowest BCUT2D eigenvalue weighted by Crippen LogP contribution is -2.25. The van der Waals surface area contributed by atoms with E-state index in [0.717, 1.165) is 11.1 Å². The molecule has 0 aromatic heterocycles. The van der Waals surface area contributed by atoms with Crippen LogP contribution >= 0.6 is 0 Å². The number of benzene rings is 2. The van der Waals surface area contributed by atoms with E-state index in [0.29, 0.717) is 27.9 Å². The summed E-state index contributed by atoms with van der Waals surface area (Å²) in [6.07, 6.45) is 0. The standard InChI is InChI=1S/C20H21NO2/c1-10(2)12-6-5-7-13-17(12)19(22)14-8-9-15(21)16(11(3)4)18(14)20(13)23/h5-11H,21H2,1-4H3. The minimum atomic E-state index is -0.0897. The van der Waals surface area contributed by atoms with Gasteiger partial charge < -0.3 is 5.73 Å². The SMILES string of the molecule is CC(C)c1cccc2c1C(=O)c1ccc(N)c(C(C)C)c1C2=O. The Kier molecular flexibility index (Phi) is 3.59. The molecule has 0 atom stereocenters. The summed E-state index contributed by atoms with van der Waals surface area (Å²) in [5.41, 5.74) is 10.4. The molecule has 0 heterocycles. The van der Waals surface area contributed by atoms with E-state index in [1.165, 1.54) is 0 Å². The summed E-state index contributed by atoms with van der Waals surface area (Å²) < 4.78 is 0. The summed E-state index contributed by atoms with van der Waals surface area (Å²) in [5, 5.41) is 0. The first-order valence-electron chi connectivity index (χ1n) is 7.99. The molecule has 0 radical (unpaired) electrons. The molecule has 0 spiro atoms. The molecule has 1 aliphatic rings. The minimum absolute atomic E-state index is 0.0687. The summed E-state index contributed by atoms with van der Waals surface area (Å²) >= 11 is 0. The van der Waals surface area contributed by atoms with Crippen LogP contribution < -0.4 is 5.73 Å². The van der Waals surface area contributed by atoms with Crippen LogP contribution in [-0.2, 0) is 0 Å². The van der Waals surface area contributed by atoms with E-state index >= 15 is 0 Å². The van der Waals surface area contributed by atoms with Crippen molar-refractivity contribution in [2.75, 3.05) is 5.73 Å². The number of anilines is 1. The van der Waals surface area contributed by atoms with E-state index in [2.05, 4.69) is 0 Å². The predicted molar refractivity (Wildman–Crippen MR) is 92.3 cm³/mol. The summed E-state index contributed by atoms with van der Waals surface area (Å²) in [6, 6.07) is 8.96. The van der Waals surface area contributed by atoms with Gasteiger partial charge in [-0.25, -0.2) is 0 Å². The first kappa shape index (κ1) is 15.5. The maximum absolute atomic E-state index is 13.1. The van der Waals surface area contributed by atoms with Crippen molar-refractivity contribution >= 4 is 17.3 Å². The Bertz CT molecular complexity index is 832. The molecule has 23 heavy (non-hydrogen) atoms. The van der Waals surface area contributed by atoms with Gasteiger partial charge in [0.2, 0.25) is 0 Å². The summed E-state index contributed by atoms with van der Waals surface area (Å²) in [4.78, 5) is 26.2. The second-order valence-electron chi connectivity index (χ2n) is 6.73. The number of hydrogen-bond acceptors (Lipinski definition) is 3. The number of carbonyl (C=O) groups excluding carboxylic acids is 2. The Morgan fingerprint density at radius 1 is 0.783 bits per heavy atom. The fraction of sp³-hybridized carbons (Fsp3) is 0.300. The molecule has 1 aliphatic carbocycles. The number of hydrogen-bond donors (Lipinski definition) is 1. The van der Waals surface area contributed by atoms with Gasteiger partial charge in [-0.15, -0.1) is 0 Å². The van der Waals surface area contributed by atoms with E-state index in [-0.39, 0.29) is 23.4 Å². The molecule has 2 aromatic carbocycles. The van der Waals surface area contributed by atoms with Crippen molar-refractivity contribution in [2.24, 2.45) is 0 Å². The maximum atomic E-state index is 13.1. The monoisotopic (exact) mass is 307 g/mol. The van der Waals surface area contributed by atoms with E-state index in [4.69, 9.17) is 5.73 Å². The molecule has 3 heteroatoms. The molecule has 0 saturated heterocycles. The number of ketones is 2. The van der Waals surface area contributed by atoms with Crippen molar-refractivity contribution in [2.45, 2.75) is 39.5 Å². The molecule has 0 amide bonds. The van der Waals surface area contributed by atoms with Gasteiger partial charge in [-0.2, -0.15) is 0 Å². The zero-order chi connectivity index (χ0) is 16.9. The van der Waals surface area contributed by atoms with Gasteiger partial charge in [0.25, 0.3) is 0 Å². The third-order valence-corrected chi connectivity index (χ3v) is 4.52. The van der Waals surface area contributed by atoms with Gasteiger partial charge in [-0.3, -0.25) is 9.59 Å². The van der Waals surface area contributed by atoms with Crippen molar-refractivity contribution in [3.05, 3.63) is 63.7 Å². The highest BCUT2D eigenvalue weighted by atomic mass is 16.1. The van der Waals surface area contributed by atoms with Crippen LogP contribution in [0.5, 0.6) is 0 Å². The third kappa shape index (κ3) is 2.19. The molecular weight excluding hydrogens is 286 g/mol. The largest absolute Gasteiger partial charge is 0.398 e. The molecule has 2 N–H and O–H groups in total. The second kappa shape index (κ2) is 5.34. The van der Waals surface area contributed by atoms with Gasteiger partial charge >= 0.3 is 0 Å². The fourth-order valence-corrected chi connectivity index (χ4v) is 3.45. The number of carbonyl (C=O) groups is 2. The smallest absolute Gasteiger partial charge is 0.194 e. The second-order valence-corrected chi connectivity index (χ2v) is 6.73. The van der Waals surface area contributed by atoms with Crippen LogP contribution in [0.4, 0.5) is 5.69 Å². The predicted octanol–water partition coefficient (Wildman–Crippen LogP) is 4.29. The molecule has 3 nitrogen and oxygen atoms in total. The Hall–Kier alpha value is -2.42. The first-order valence-corrected chi connectivity index (χ1v) is 7.99. The van der Waals surface area contributed by atoms with E-state index in [1.54, 1.807) is 18.2 Å². The van der Waals surface area contributed by atoms with Gasteiger partial charge in [-0.1, -0.05) is 45.9 Å². The van der Waals surface area contributed by atoms with Crippen LogP contribution in [0.25, 0.3) is 0 Å². The van der Waals surface area contributed by atoms with Gasteiger partial charge in [0, 0.05) is 27.9 Å². The molecule has 0 bridgehead atoms. The van der Waals surface area contributed by atoms with Crippen LogP contribution in [0, 0.1) is 0 Å². The number of nitrogens with two attached hydrogens (primary N) is 1. The lowest BCUT2D eigenvalue weighted by Gasteiger charge is -2.25. The number of fused-ring (bicyclic) bond motifs is 2. The van der Waals surface area contributed by atoms with Crippen LogP contribution in [-0.4, -0.2) is 11.6 Å². The highest BCUT2D eigenvalue weighted by Gasteiger charge is 2.34. The zero-order valence-corrected chi connectivity index (χ0v) is 13.9. The van der Waals surface area contributed by atoms with Gasteiger partial charge in [0.15, 0.2) is 11.6 Å². The average Bonchev–Trinajstić information content (AvgIpc) is 2.51. The Morgan fingerprint density at radius 2 is 1.39 bits per heavy atom. The lowest BCUT2D eigenvalue weighted by atomic mass is 9.76. The Labute approximate surface area is 136 Å². The quantitative estimate of drug-likeness (QED) is 0.718. The average molecular weight is 307 g/mol. The van der Waals surface area contributed by atoms with E-state index in [9.17, 15) is 9.59 Å². The summed E-state index contributed by atoms with van der Waals surface area (Å²) in [5.74, 6) is 0.104. The van der Waals surface area contributed by atoms with Gasteiger partial charge in [-0.05, 0) is 35.1 Å². The summed E-state index contributed by atoms with van der Waals surface area (Å²) in [7, 11) is 0. The van der Waals surface area contributed by atoms with E-state index in [1.807, 2.05) is 39.8 Å². The van der Waals surface area contributed by atoms with Crippen molar-refractivity contribution in [3.8, 4) is 0 Å². The maximum Gasteiger partial charge on any atom is 0.194 e. The highest BCUT2D eigenvalue weighted by molar-refractivity contribution is 6.29. The topological polar surface area (TPSA) is 60.2 Å². The molecule has 0 saturated carbocycles. The number of rotatable bonds is 2. The molecular formula is C20H21NO2. The van der Waals surface area contributed by atoms with Crippen LogP contribution in [0.3, 0.4) is 0 Å².